The van der Waals surface area contributed by atoms with Crippen molar-refractivity contribution in [3.8, 4) is 28.4 Å². The minimum absolute atomic E-state index is 0.163. The van der Waals surface area contributed by atoms with Gasteiger partial charge in [0, 0.05) is 24.9 Å². The quantitative estimate of drug-likeness (QED) is 0.633. The second kappa shape index (κ2) is 9.92. The van der Waals surface area contributed by atoms with Crippen LogP contribution in [0, 0.1) is 0 Å². The number of methoxy groups -OCH3 is 3. The van der Waals surface area contributed by atoms with E-state index in [1.54, 1.807) is 33.5 Å². The molecule has 0 fully saturated rings. The Hall–Kier alpha value is -2.93. The lowest BCUT2D eigenvalue weighted by molar-refractivity contribution is -0.119. The maximum absolute atomic E-state index is 12.9. The predicted octanol–water partition coefficient (Wildman–Crippen LogP) is 3.51. The molecule has 31 heavy (non-hydrogen) atoms. The molecule has 3 rings (SSSR count). The zero-order valence-corrected chi connectivity index (χ0v) is 18.9. The molecule has 1 aliphatic rings. The maximum Gasteiger partial charge on any atom is 0.217 e. The molecule has 0 heterocycles. The number of amides is 1. The average Bonchev–Trinajstić information content (AvgIpc) is 2.99. The van der Waals surface area contributed by atoms with E-state index in [-0.39, 0.29) is 17.4 Å². The van der Waals surface area contributed by atoms with Gasteiger partial charge in [-0.3, -0.25) is 9.59 Å². The number of hydrogen-bond donors (Lipinski definition) is 2. The average molecular weight is 447 g/mol. The smallest absolute Gasteiger partial charge is 0.217 e. The maximum atomic E-state index is 12.9. The van der Waals surface area contributed by atoms with E-state index >= 15 is 0 Å². The highest BCUT2D eigenvalue weighted by Crippen LogP contribution is 2.50. The fourth-order valence-electron chi connectivity index (χ4n) is 4.04. The van der Waals surface area contributed by atoms with Crippen molar-refractivity contribution in [3.63, 3.8) is 0 Å². The summed E-state index contributed by atoms with van der Waals surface area (Å²) in [7, 11) is 4.70. The summed E-state index contributed by atoms with van der Waals surface area (Å²) in [5.41, 5.74) is 3.59. The Morgan fingerprint density at radius 1 is 1.13 bits per heavy atom. The molecule has 1 atom stereocenters. The summed E-state index contributed by atoms with van der Waals surface area (Å²) in [5, 5.41) is 6.05. The molecule has 8 heteroatoms. The van der Waals surface area contributed by atoms with E-state index in [4.69, 9.17) is 25.8 Å². The Balaban J connectivity index is 2.36. The van der Waals surface area contributed by atoms with Crippen LogP contribution in [0.15, 0.2) is 29.1 Å². The fourth-order valence-corrected chi connectivity index (χ4v) is 4.13. The van der Waals surface area contributed by atoms with Crippen LogP contribution in [-0.4, -0.2) is 39.7 Å². The van der Waals surface area contributed by atoms with Crippen LogP contribution >= 0.6 is 11.6 Å². The molecular formula is C23H27ClN2O5. The summed E-state index contributed by atoms with van der Waals surface area (Å²) in [6.45, 7) is 1.93. The summed E-state index contributed by atoms with van der Waals surface area (Å²) in [5.74, 6) is 1.77. The molecular weight excluding hydrogens is 420 g/mol. The van der Waals surface area contributed by atoms with Gasteiger partial charge in [0.2, 0.25) is 17.1 Å². The van der Waals surface area contributed by atoms with Crippen molar-refractivity contribution >= 4 is 23.2 Å². The van der Waals surface area contributed by atoms with E-state index in [0.29, 0.717) is 48.2 Å². The first kappa shape index (κ1) is 22.7. The van der Waals surface area contributed by atoms with Crippen molar-refractivity contribution in [1.29, 1.82) is 0 Å². The third-order valence-corrected chi connectivity index (χ3v) is 5.51. The first-order chi connectivity index (χ1) is 14.9. The van der Waals surface area contributed by atoms with Gasteiger partial charge in [-0.1, -0.05) is 6.07 Å². The highest BCUT2D eigenvalue weighted by molar-refractivity contribution is 6.18. The van der Waals surface area contributed by atoms with Crippen LogP contribution < -0.4 is 30.3 Å². The Kier molecular flexibility index (Phi) is 7.28. The number of nitrogens with one attached hydrogen (secondary N) is 2. The molecule has 2 aromatic rings. The summed E-state index contributed by atoms with van der Waals surface area (Å²) in [4.78, 5) is 24.9. The van der Waals surface area contributed by atoms with E-state index in [0.717, 1.165) is 22.3 Å². The highest BCUT2D eigenvalue weighted by atomic mass is 35.5. The molecule has 7 nitrogen and oxygen atoms in total. The van der Waals surface area contributed by atoms with Gasteiger partial charge < -0.3 is 24.8 Å². The largest absolute Gasteiger partial charge is 0.493 e. The molecule has 0 radical (unpaired) electrons. The second-order valence-electron chi connectivity index (χ2n) is 7.21. The van der Waals surface area contributed by atoms with Gasteiger partial charge in [0.05, 0.1) is 33.1 Å². The van der Waals surface area contributed by atoms with E-state index in [1.807, 2.05) is 12.1 Å². The lowest BCUT2D eigenvalue weighted by Crippen LogP contribution is -2.26. The molecule has 1 amide bonds. The minimum Gasteiger partial charge on any atom is -0.493 e. The number of anilines is 1. The standard InChI is InChI=1S/C23H27ClN2O5/c1-13(27)26-17-7-5-14-11-20(29-2)22(30-3)23(31-4)21(14)15-6-8-18(25-10-9-24)19(28)12-16(15)17/h6,8,11-12,17H,5,7,9-10H2,1-4H3,(H,25,28)(H,26,27)/t17-/m0/s1. The summed E-state index contributed by atoms with van der Waals surface area (Å²) in [6, 6.07) is 6.79. The molecule has 0 saturated carbocycles. The van der Waals surface area contributed by atoms with Gasteiger partial charge in [0.25, 0.3) is 0 Å². The van der Waals surface area contributed by atoms with Crippen LogP contribution in [-0.2, 0) is 11.2 Å². The molecule has 1 aliphatic carbocycles. The molecule has 166 valence electrons. The number of hydrogen-bond acceptors (Lipinski definition) is 6. The lowest BCUT2D eigenvalue weighted by Gasteiger charge is -2.19. The first-order valence-electron chi connectivity index (χ1n) is 10.0. The second-order valence-corrected chi connectivity index (χ2v) is 7.59. The topological polar surface area (TPSA) is 85.9 Å². The van der Waals surface area contributed by atoms with Gasteiger partial charge in [-0.25, -0.2) is 0 Å². The van der Waals surface area contributed by atoms with Gasteiger partial charge >= 0.3 is 0 Å². The minimum atomic E-state index is -0.331. The van der Waals surface area contributed by atoms with Gasteiger partial charge in [-0.2, -0.15) is 0 Å². The molecule has 0 bridgehead atoms. The van der Waals surface area contributed by atoms with Crippen molar-refractivity contribution in [2.24, 2.45) is 0 Å². The van der Waals surface area contributed by atoms with Crippen molar-refractivity contribution in [3.05, 3.63) is 45.6 Å². The zero-order chi connectivity index (χ0) is 22.5. The van der Waals surface area contributed by atoms with Crippen molar-refractivity contribution < 1.29 is 19.0 Å². The van der Waals surface area contributed by atoms with Gasteiger partial charge in [0.15, 0.2) is 11.5 Å². The van der Waals surface area contributed by atoms with E-state index < -0.39 is 0 Å². The summed E-state index contributed by atoms with van der Waals surface area (Å²) >= 11 is 5.78. The molecule has 0 aliphatic heterocycles. The number of halogens is 1. The van der Waals surface area contributed by atoms with E-state index in [9.17, 15) is 9.59 Å². The number of carbonyl (C=O) groups excluding carboxylic acids is 1. The number of benzene rings is 1. The number of aryl methyl sites for hydroxylation is 1. The van der Waals surface area contributed by atoms with Crippen molar-refractivity contribution in [2.45, 2.75) is 25.8 Å². The summed E-state index contributed by atoms with van der Waals surface area (Å²) < 4.78 is 16.9. The number of carbonyl (C=O) groups is 1. The van der Waals surface area contributed by atoms with Crippen LogP contribution in [0.1, 0.15) is 30.5 Å². The molecule has 2 aromatic carbocycles. The van der Waals surface area contributed by atoms with Gasteiger partial charge in [-0.05, 0) is 47.7 Å². The molecule has 0 saturated heterocycles. The van der Waals surface area contributed by atoms with Gasteiger partial charge in [-0.15, -0.1) is 11.6 Å². The Bertz CT molecular complexity index is 1040. The molecule has 0 aromatic heterocycles. The number of rotatable bonds is 7. The van der Waals surface area contributed by atoms with Crippen LogP contribution in [0.5, 0.6) is 17.2 Å². The third kappa shape index (κ3) is 4.56. The Labute approximate surface area is 186 Å². The summed E-state index contributed by atoms with van der Waals surface area (Å²) in [6.07, 6.45) is 1.27. The first-order valence-corrected chi connectivity index (χ1v) is 10.6. The molecule has 0 spiro atoms. The highest BCUT2D eigenvalue weighted by Gasteiger charge is 2.29. The van der Waals surface area contributed by atoms with Crippen LogP contribution in [0.25, 0.3) is 11.1 Å². The predicted molar refractivity (Wildman–Crippen MR) is 122 cm³/mol. The number of fused-ring (bicyclic) bond motifs is 3. The molecule has 2 N–H and O–H groups in total. The van der Waals surface area contributed by atoms with Crippen molar-refractivity contribution in [2.75, 3.05) is 39.1 Å². The van der Waals surface area contributed by atoms with Crippen LogP contribution in [0.4, 0.5) is 5.69 Å². The fraction of sp³-hybridized carbons (Fsp3) is 0.391. The third-order valence-electron chi connectivity index (χ3n) is 5.33. The lowest BCUT2D eigenvalue weighted by atomic mass is 9.95. The molecule has 0 unspecified atom stereocenters. The SMILES string of the molecule is COc1cc2c(c(OC)c1OC)-c1ccc(NCCCl)c(=O)cc1[C@@H](NC(C)=O)CC2. The normalized spacial score (nSPS) is 14.5. The van der Waals surface area contributed by atoms with Crippen LogP contribution in [0.2, 0.25) is 0 Å². The number of alkyl halides is 1. The monoisotopic (exact) mass is 446 g/mol. The van der Waals surface area contributed by atoms with E-state index in [1.165, 1.54) is 6.92 Å². The van der Waals surface area contributed by atoms with Crippen LogP contribution in [0.3, 0.4) is 0 Å². The van der Waals surface area contributed by atoms with E-state index in [2.05, 4.69) is 10.6 Å². The Morgan fingerprint density at radius 2 is 1.87 bits per heavy atom. The van der Waals surface area contributed by atoms with Crippen molar-refractivity contribution in [1.82, 2.24) is 5.32 Å². The Morgan fingerprint density at radius 3 is 2.48 bits per heavy atom. The number of ether oxygens (including phenoxy) is 3. The zero-order valence-electron chi connectivity index (χ0n) is 18.1. The van der Waals surface area contributed by atoms with Gasteiger partial charge in [0.1, 0.15) is 0 Å².